The second-order valence-electron chi connectivity index (χ2n) is 5.81. The molecule has 0 amide bonds. The van der Waals surface area contributed by atoms with Crippen LogP contribution in [0.25, 0.3) is 0 Å². The lowest BCUT2D eigenvalue weighted by molar-refractivity contribution is -0.125. The first-order valence-corrected chi connectivity index (χ1v) is 6.24. The fourth-order valence-corrected chi connectivity index (χ4v) is 2.05. The largest absolute Gasteiger partial charge is 0.310 e. The molecule has 0 aromatic rings. The Morgan fingerprint density at radius 1 is 1.20 bits per heavy atom. The molecule has 0 spiro atoms. The lowest BCUT2D eigenvalue weighted by Crippen LogP contribution is -2.34. The number of hydrogen-bond donors (Lipinski definition) is 1. The molecule has 0 unspecified atom stereocenters. The number of carbonyl (C=O) groups is 1. The molecule has 0 atom stereocenters. The quantitative estimate of drug-likeness (QED) is 0.774. The van der Waals surface area contributed by atoms with E-state index >= 15 is 0 Å². The molecular formula is C13H25NO. The van der Waals surface area contributed by atoms with Gasteiger partial charge in [0.2, 0.25) is 0 Å². The van der Waals surface area contributed by atoms with Gasteiger partial charge in [-0.2, -0.15) is 0 Å². The fraction of sp³-hybridized carbons (Fsp3) is 0.923. The van der Waals surface area contributed by atoms with Crippen LogP contribution in [0.3, 0.4) is 0 Å². The van der Waals surface area contributed by atoms with Crippen LogP contribution in [-0.2, 0) is 4.79 Å². The van der Waals surface area contributed by atoms with Gasteiger partial charge in [0.05, 0.1) is 6.54 Å². The summed E-state index contributed by atoms with van der Waals surface area (Å²) in [5.74, 6) is 1.13. The van der Waals surface area contributed by atoms with Crippen molar-refractivity contribution in [3.63, 3.8) is 0 Å². The van der Waals surface area contributed by atoms with Crippen LogP contribution in [-0.4, -0.2) is 18.9 Å². The summed E-state index contributed by atoms with van der Waals surface area (Å²) >= 11 is 0. The SMILES string of the molecule is CC(C)(C)C(=O)CNCC1CCCCC1. The first-order chi connectivity index (χ1) is 7.00. The van der Waals surface area contributed by atoms with Gasteiger partial charge in [-0.3, -0.25) is 4.79 Å². The molecule has 1 rings (SSSR count). The molecule has 1 N–H and O–H groups in total. The third-order valence-electron chi connectivity index (χ3n) is 3.28. The summed E-state index contributed by atoms with van der Waals surface area (Å²) in [5.41, 5.74) is -0.195. The minimum Gasteiger partial charge on any atom is -0.310 e. The van der Waals surface area contributed by atoms with E-state index in [-0.39, 0.29) is 5.41 Å². The van der Waals surface area contributed by atoms with E-state index in [2.05, 4.69) is 5.32 Å². The molecule has 1 aliphatic carbocycles. The van der Waals surface area contributed by atoms with Crippen molar-refractivity contribution in [2.45, 2.75) is 52.9 Å². The summed E-state index contributed by atoms with van der Waals surface area (Å²) in [7, 11) is 0. The number of rotatable bonds is 4. The Kier molecular flexibility index (Phi) is 4.78. The van der Waals surface area contributed by atoms with Crippen LogP contribution in [0.5, 0.6) is 0 Å². The Bertz CT molecular complexity index is 199. The van der Waals surface area contributed by atoms with Gasteiger partial charge in [0, 0.05) is 5.41 Å². The van der Waals surface area contributed by atoms with Gasteiger partial charge in [0.1, 0.15) is 0 Å². The zero-order chi connectivity index (χ0) is 11.3. The molecule has 0 aliphatic heterocycles. The van der Waals surface area contributed by atoms with E-state index in [1.165, 1.54) is 32.1 Å². The summed E-state index contributed by atoms with van der Waals surface area (Å²) in [6.45, 7) is 7.52. The highest BCUT2D eigenvalue weighted by Crippen LogP contribution is 2.22. The van der Waals surface area contributed by atoms with E-state index in [9.17, 15) is 4.79 Å². The summed E-state index contributed by atoms with van der Waals surface area (Å²) in [5, 5.41) is 3.31. The van der Waals surface area contributed by atoms with Gasteiger partial charge in [0.25, 0.3) is 0 Å². The zero-order valence-corrected chi connectivity index (χ0v) is 10.4. The van der Waals surface area contributed by atoms with E-state index in [0.717, 1.165) is 12.5 Å². The first kappa shape index (κ1) is 12.7. The van der Waals surface area contributed by atoms with Gasteiger partial charge < -0.3 is 5.32 Å². The lowest BCUT2D eigenvalue weighted by Gasteiger charge is -2.23. The maximum absolute atomic E-state index is 11.6. The van der Waals surface area contributed by atoms with Crippen LogP contribution in [0.1, 0.15) is 52.9 Å². The van der Waals surface area contributed by atoms with Crippen LogP contribution < -0.4 is 5.32 Å². The normalized spacial score (nSPS) is 19.1. The van der Waals surface area contributed by atoms with Gasteiger partial charge in [-0.1, -0.05) is 40.0 Å². The van der Waals surface area contributed by atoms with Crippen molar-refractivity contribution in [2.24, 2.45) is 11.3 Å². The molecule has 0 radical (unpaired) electrons. The van der Waals surface area contributed by atoms with Gasteiger partial charge in [-0.05, 0) is 25.3 Å². The Balaban J connectivity index is 2.12. The summed E-state index contributed by atoms with van der Waals surface area (Å²) in [6, 6.07) is 0. The van der Waals surface area contributed by atoms with Crippen molar-refractivity contribution in [2.75, 3.05) is 13.1 Å². The van der Waals surface area contributed by atoms with Crippen LogP contribution in [0, 0.1) is 11.3 Å². The van der Waals surface area contributed by atoms with Crippen LogP contribution in [0.4, 0.5) is 0 Å². The molecule has 1 fully saturated rings. The minimum absolute atomic E-state index is 0.195. The summed E-state index contributed by atoms with van der Waals surface area (Å²) < 4.78 is 0. The molecule has 1 aliphatic rings. The third kappa shape index (κ3) is 4.78. The maximum Gasteiger partial charge on any atom is 0.151 e. The standard InChI is InChI=1S/C13H25NO/c1-13(2,3)12(15)10-14-9-11-7-5-4-6-8-11/h11,14H,4-10H2,1-3H3. The molecular weight excluding hydrogens is 186 g/mol. The number of carbonyl (C=O) groups excluding carboxylic acids is 1. The fourth-order valence-electron chi connectivity index (χ4n) is 2.05. The van der Waals surface area contributed by atoms with Gasteiger partial charge >= 0.3 is 0 Å². The Morgan fingerprint density at radius 2 is 1.80 bits per heavy atom. The van der Waals surface area contributed by atoms with E-state index in [4.69, 9.17) is 0 Å². The number of ketones is 1. The maximum atomic E-state index is 11.6. The molecule has 2 nitrogen and oxygen atoms in total. The Morgan fingerprint density at radius 3 is 2.33 bits per heavy atom. The minimum atomic E-state index is -0.195. The monoisotopic (exact) mass is 211 g/mol. The van der Waals surface area contributed by atoms with E-state index < -0.39 is 0 Å². The average molecular weight is 211 g/mol. The van der Waals surface area contributed by atoms with Crippen molar-refractivity contribution in [1.82, 2.24) is 5.32 Å². The Labute approximate surface area is 93.8 Å². The molecule has 0 saturated heterocycles. The number of hydrogen-bond acceptors (Lipinski definition) is 2. The average Bonchev–Trinajstić information content (AvgIpc) is 2.18. The molecule has 88 valence electrons. The first-order valence-electron chi connectivity index (χ1n) is 6.24. The Hall–Kier alpha value is -0.370. The topological polar surface area (TPSA) is 29.1 Å². The highest BCUT2D eigenvalue weighted by molar-refractivity contribution is 5.85. The zero-order valence-electron chi connectivity index (χ0n) is 10.4. The highest BCUT2D eigenvalue weighted by atomic mass is 16.1. The molecule has 0 aromatic carbocycles. The lowest BCUT2D eigenvalue weighted by atomic mass is 9.88. The molecule has 1 saturated carbocycles. The van der Waals surface area contributed by atoms with Crippen molar-refractivity contribution in [1.29, 1.82) is 0 Å². The van der Waals surface area contributed by atoms with Crippen molar-refractivity contribution < 1.29 is 4.79 Å². The molecule has 2 heteroatoms. The second-order valence-corrected chi connectivity index (χ2v) is 5.81. The summed E-state index contributed by atoms with van der Waals surface area (Å²) in [6.07, 6.45) is 6.84. The second kappa shape index (κ2) is 5.64. The smallest absolute Gasteiger partial charge is 0.151 e. The van der Waals surface area contributed by atoms with Crippen molar-refractivity contribution in [3.05, 3.63) is 0 Å². The molecule has 0 bridgehead atoms. The molecule has 15 heavy (non-hydrogen) atoms. The highest BCUT2D eigenvalue weighted by Gasteiger charge is 2.21. The van der Waals surface area contributed by atoms with Crippen LogP contribution >= 0.6 is 0 Å². The van der Waals surface area contributed by atoms with E-state index in [1.54, 1.807) is 0 Å². The van der Waals surface area contributed by atoms with E-state index in [1.807, 2.05) is 20.8 Å². The van der Waals surface area contributed by atoms with Gasteiger partial charge in [0.15, 0.2) is 5.78 Å². The van der Waals surface area contributed by atoms with E-state index in [0.29, 0.717) is 12.3 Å². The van der Waals surface area contributed by atoms with Gasteiger partial charge in [-0.15, -0.1) is 0 Å². The van der Waals surface area contributed by atoms with Gasteiger partial charge in [-0.25, -0.2) is 0 Å². The van der Waals surface area contributed by atoms with Crippen LogP contribution in [0.2, 0.25) is 0 Å². The van der Waals surface area contributed by atoms with Crippen molar-refractivity contribution in [3.8, 4) is 0 Å². The summed E-state index contributed by atoms with van der Waals surface area (Å²) in [4.78, 5) is 11.6. The number of nitrogens with one attached hydrogen (secondary N) is 1. The molecule has 0 heterocycles. The molecule has 0 aromatic heterocycles. The predicted octanol–water partition coefficient (Wildman–Crippen LogP) is 2.77. The van der Waals surface area contributed by atoms with Crippen molar-refractivity contribution >= 4 is 5.78 Å². The number of Topliss-reactive ketones (excluding diaryl/α,β-unsaturated/α-hetero) is 1. The third-order valence-corrected chi connectivity index (χ3v) is 3.28. The van der Waals surface area contributed by atoms with Crippen LogP contribution in [0.15, 0.2) is 0 Å². The predicted molar refractivity (Wildman–Crippen MR) is 63.9 cm³/mol.